The molecule has 8 heteroatoms. The largest absolute Gasteiger partial charge is 0.454 e. The Hall–Kier alpha value is -3.68. The molecule has 8 nitrogen and oxygen atoms in total. The first kappa shape index (κ1) is 19.3. The van der Waals surface area contributed by atoms with Crippen LogP contribution in [0.15, 0.2) is 48.9 Å². The highest BCUT2D eigenvalue weighted by atomic mass is 16.7. The number of amides is 1. The molecule has 0 atom stereocenters. The Bertz CT molecular complexity index is 1080. The van der Waals surface area contributed by atoms with Gasteiger partial charge in [-0.3, -0.25) is 9.78 Å². The second-order valence-electron chi connectivity index (χ2n) is 7.59. The van der Waals surface area contributed by atoms with Crippen molar-refractivity contribution in [3.63, 3.8) is 0 Å². The van der Waals surface area contributed by atoms with Crippen LogP contribution in [0.5, 0.6) is 11.5 Å². The SMILES string of the molecule is O=C(NCc1ccc2c(c1)OCO2)c1cnc(N2CCCCC2)nc1-c1ccncc1. The lowest BCUT2D eigenvalue weighted by atomic mass is 10.1. The van der Waals surface area contributed by atoms with Gasteiger partial charge < -0.3 is 19.7 Å². The van der Waals surface area contributed by atoms with Gasteiger partial charge in [0.15, 0.2) is 11.5 Å². The maximum absolute atomic E-state index is 13.1. The van der Waals surface area contributed by atoms with Crippen LogP contribution in [0, 0.1) is 0 Å². The van der Waals surface area contributed by atoms with E-state index in [4.69, 9.17) is 14.5 Å². The first-order valence-electron chi connectivity index (χ1n) is 10.5. The van der Waals surface area contributed by atoms with Gasteiger partial charge in [-0.2, -0.15) is 0 Å². The lowest BCUT2D eigenvalue weighted by molar-refractivity contribution is 0.0951. The highest BCUT2D eigenvalue weighted by Gasteiger charge is 2.20. The van der Waals surface area contributed by atoms with Crippen molar-refractivity contribution in [2.24, 2.45) is 0 Å². The molecular formula is C23H23N5O3. The molecule has 1 N–H and O–H groups in total. The molecule has 3 aromatic rings. The van der Waals surface area contributed by atoms with E-state index in [1.54, 1.807) is 18.6 Å². The van der Waals surface area contributed by atoms with E-state index in [-0.39, 0.29) is 12.7 Å². The third-order valence-electron chi connectivity index (χ3n) is 5.50. The van der Waals surface area contributed by atoms with Gasteiger partial charge in [-0.1, -0.05) is 6.07 Å². The van der Waals surface area contributed by atoms with Crippen LogP contribution in [-0.2, 0) is 6.54 Å². The first-order valence-corrected chi connectivity index (χ1v) is 10.5. The highest BCUT2D eigenvalue weighted by Crippen LogP contribution is 2.32. The van der Waals surface area contributed by atoms with Gasteiger partial charge in [0.25, 0.3) is 5.91 Å². The van der Waals surface area contributed by atoms with E-state index in [9.17, 15) is 4.79 Å². The second-order valence-corrected chi connectivity index (χ2v) is 7.59. The monoisotopic (exact) mass is 417 g/mol. The predicted octanol–water partition coefficient (Wildman–Crippen LogP) is 3.19. The van der Waals surface area contributed by atoms with Gasteiger partial charge >= 0.3 is 0 Å². The van der Waals surface area contributed by atoms with Crippen molar-refractivity contribution in [2.75, 3.05) is 24.8 Å². The van der Waals surface area contributed by atoms with Crippen LogP contribution in [0.2, 0.25) is 0 Å². The number of nitrogens with zero attached hydrogens (tertiary/aromatic N) is 4. The Balaban J connectivity index is 1.39. The average Bonchev–Trinajstić information content (AvgIpc) is 3.31. The van der Waals surface area contributed by atoms with Crippen LogP contribution in [0.25, 0.3) is 11.3 Å². The van der Waals surface area contributed by atoms with Crippen LogP contribution in [0.4, 0.5) is 5.95 Å². The molecule has 4 heterocycles. The van der Waals surface area contributed by atoms with Gasteiger partial charge in [0.05, 0.1) is 11.3 Å². The quantitative estimate of drug-likeness (QED) is 0.682. The molecule has 0 radical (unpaired) electrons. The van der Waals surface area contributed by atoms with Gasteiger partial charge in [-0.25, -0.2) is 9.97 Å². The van der Waals surface area contributed by atoms with Crippen molar-refractivity contribution in [2.45, 2.75) is 25.8 Å². The Morgan fingerprint density at radius 2 is 1.84 bits per heavy atom. The number of anilines is 1. The van der Waals surface area contributed by atoms with E-state index in [1.165, 1.54) is 6.42 Å². The maximum Gasteiger partial charge on any atom is 0.255 e. The Labute approximate surface area is 180 Å². The van der Waals surface area contributed by atoms with E-state index in [1.807, 2.05) is 30.3 Å². The molecule has 158 valence electrons. The molecule has 1 aromatic carbocycles. The van der Waals surface area contributed by atoms with E-state index >= 15 is 0 Å². The Morgan fingerprint density at radius 3 is 2.68 bits per heavy atom. The smallest absolute Gasteiger partial charge is 0.255 e. The van der Waals surface area contributed by atoms with Crippen molar-refractivity contribution in [3.8, 4) is 22.8 Å². The van der Waals surface area contributed by atoms with Crippen molar-refractivity contribution in [1.82, 2.24) is 20.3 Å². The molecule has 0 bridgehead atoms. The number of nitrogens with one attached hydrogen (secondary N) is 1. The van der Waals surface area contributed by atoms with Gasteiger partial charge in [-0.05, 0) is 49.1 Å². The molecule has 2 aromatic heterocycles. The van der Waals surface area contributed by atoms with E-state index in [0.29, 0.717) is 29.5 Å². The molecule has 31 heavy (non-hydrogen) atoms. The number of rotatable bonds is 5. The van der Waals surface area contributed by atoms with Crippen molar-refractivity contribution in [3.05, 3.63) is 60.0 Å². The van der Waals surface area contributed by atoms with Gasteiger partial charge in [-0.15, -0.1) is 0 Å². The number of fused-ring (bicyclic) bond motifs is 1. The number of hydrogen-bond acceptors (Lipinski definition) is 7. The van der Waals surface area contributed by atoms with Crippen molar-refractivity contribution in [1.29, 1.82) is 0 Å². The van der Waals surface area contributed by atoms with E-state index < -0.39 is 0 Å². The summed E-state index contributed by atoms with van der Waals surface area (Å²) in [5.41, 5.74) is 2.81. The van der Waals surface area contributed by atoms with Crippen LogP contribution < -0.4 is 19.7 Å². The molecule has 0 saturated carbocycles. The lowest BCUT2D eigenvalue weighted by Gasteiger charge is -2.27. The summed E-state index contributed by atoms with van der Waals surface area (Å²) in [6.45, 7) is 2.46. The zero-order valence-corrected chi connectivity index (χ0v) is 17.1. The van der Waals surface area contributed by atoms with E-state index in [2.05, 4.69) is 20.2 Å². The van der Waals surface area contributed by atoms with Crippen molar-refractivity contribution >= 4 is 11.9 Å². The predicted molar refractivity (Wildman–Crippen MR) is 115 cm³/mol. The normalized spacial score (nSPS) is 15.0. The molecule has 1 saturated heterocycles. The van der Waals surface area contributed by atoms with Gasteiger partial charge in [0.1, 0.15) is 0 Å². The number of hydrogen-bond donors (Lipinski definition) is 1. The summed E-state index contributed by atoms with van der Waals surface area (Å²) in [6, 6.07) is 9.35. The number of pyridine rings is 1. The lowest BCUT2D eigenvalue weighted by Crippen LogP contribution is -2.31. The summed E-state index contributed by atoms with van der Waals surface area (Å²) in [6.07, 6.45) is 8.52. The molecule has 1 fully saturated rings. The molecule has 2 aliphatic heterocycles. The van der Waals surface area contributed by atoms with Crippen LogP contribution >= 0.6 is 0 Å². The summed E-state index contributed by atoms with van der Waals surface area (Å²) in [7, 11) is 0. The molecule has 0 unspecified atom stereocenters. The minimum Gasteiger partial charge on any atom is -0.454 e. The topological polar surface area (TPSA) is 89.5 Å². The van der Waals surface area contributed by atoms with E-state index in [0.717, 1.165) is 42.8 Å². The fourth-order valence-electron chi connectivity index (χ4n) is 3.84. The highest BCUT2D eigenvalue weighted by molar-refractivity contribution is 5.99. The Morgan fingerprint density at radius 1 is 1.03 bits per heavy atom. The first-order chi connectivity index (χ1) is 15.3. The zero-order chi connectivity index (χ0) is 21.0. The fourth-order valence-corrected chi connectivity index (χ4v) is 3.84. The zero-order valence-electron chi connectivity index (χ0n) is 17.1. The summed E-state index contributed by atoms with van der Waals surface area (Å²) in [4.78, 5) is 28.6. The van der Waals surface area contributed by atoms with Gasteiger partial charge in [0, 0.05) is 43.8 Å². The fraction of sp³-hybridized carbons (Fsp3) is 0.304. The summed E-state index contributed by atoms with van der Waals surface area (Å²) < 4.78 is 10.8. The van der Waals surface area contributed by atoms with Gasteiger partial charge in [0.2, 0.25) is 12.7 Å². The minimum absolute atomic E-state index is 0.223. The number of carbonyl (C=O) groups excluding carboxylic acids is 1. The Kier molecular flexibility index (Phi) is 5.35. The molecule has 0 aliphatic carbocycles. The molecule has 1 amide bonds. The molecule has 2 aliphatic rings. The molecule has 5 rings (SSSR count). The number of benzene rings is 1. The number of aromatic nitrogens is 3. The minimum atomic E-state index is -0.227. The average molecular weight is 417 g/mol. The van der Waals surface area contributed by atoms with Crippen molar-refractivity contribution < 1.29 is 14.3 Å². The van der Waals surface area contributed by atoms with Crippen LogP contribution in [0.1, 0.15) is 35.2 Å². The number of carbonyl (C=O) groups is 1. The van der Waals surface area contributed by atoms with Crippen LogP contribution in [0.3, 0.4) is 0 Å². The molecule has 0 spiro atoms. The molecular weight excluding hydrogens is 394 g/mol. The summed E-state index contributed by atoms with van der Waals surface area (Å²) >= 11 is 0. The number of piperidine rings is 1. The number of ether oxygens (including phenoxy) is 2. The maximum atomic E-state index is 13.1. The van der Waals surface area contributed by atoms with Crippen LogP contribution in [-0.4, -0.2) is 40.7 Å². The third-order valence-corrected chi connectivity index (χ3v) is 5.50. The third kappa shape index (κ3) is 4.14. The second kappa shape index (κ2) is 8.59. The summed E-state index contributed by atoms with van der Waals surface area (Å²) in [5, 5.41) is 2.97. The summed E-state index contributed by atoms with van der Waals surface area (Å²) in [5.74, 6) is 1.85. The standard InChI is InChI=1S/C23H23N5O3/c29-22(25-13-16-4-5-19-20(12-16)31-15-30-19)18-14-26-23(28-10-2-1-3-11-28)27-21(18)17-6-8-24-9-7-17/h4-9,12,14H,1-3,10-11,13,15H2,(H,25,29).